The largest absolute Gasteiger partial charge is 0.490 e. The summed E-state index contributed by atoms with van der Waals surface area (Å²) in [4.78, 5) is 34.2. The van der Waals surface area contributed by atoms with Gasteiger partial charge in [-0.25, -0.2) is 14.2 Å². The molecule has 0 bridgehead atoms. The number of carbonyl (C=O) groups excluding carboxylic acids is 1. The highest BCUT2D eigenvalue weighted by molar-refractivity contribution is 6.33. The third-order valence-electron chi connectivity index (χ3n) is 5.30. The summed E-state index contributed by atoms with van der Waals surface area (Å²) in [6, 6.07) is 11.6. The monoisotopic (exact) mass is 539 g/mol. The number of aliphatic carboxylic acids is 1. The van der Waals surface area contributed by atoms with Crippen LogP contribution >= 0.6 is 11.6 Å². The van der Waals surface area contributed by atoms with Gasteiger partial charge in [-0.05, 0) is 35.9 Å². The minimum absolute atomic E-state index is 0.275. The molecule has 0 unspecified atom stereocenters. The van der Waals surface area contributed by atoms with Crippen LogP contribution in [0.25, 0.3) is 0 Å². The number of piperazine rings is 1. The number of hydrogen-bond donors (Lipinski definition) is 2. The van der Waals surface area contributed by atoms with Crippen LogP contribution in [-0.2, 0) is 11.3 Å². The van der Waals surface area contributed by atoms with Gasteiger partial charge in [-0.3, -0.25) is 9.78 Å². The molecule has 1 saturated heterocycles. The smallest absolute Gasteiger partial charge is 0.475 e. The molecule has 2 N–H and O–H groups in total. The molecule has 1 aliphatic rings. The standard InChI is InChI=1S/C22H21ClFN5O.C2HF3O2/c23-20-13-17(22(30)27-14-16-1-3-18(24)4-2-16)15-26-21(20)29-11-9-28(10-12-29)19-5-7-25-8-6-19;3-2(4,5)1(6)7/h1-8,13,15H,9-12,14H2,(H,27,30);(H,6,7). The number of nitrogens with zero attached hydrogens (tertiary/aromatic N) is 4. The number of carbonyl (C=O) groups is 2. The van der Waals surface area contributed by atoms with E-state index in [1.807, 2.05) is 12.1 Å². The first kappa shape index (κ1) is 27.7. The summed E-state index contributed by atoms with van der Waals surface area (Å²) in [6.07, 6.45) is 0.0381. The number of halogens is 5. The van der Waals surface area contributed by atoms with Crippen molar-refractivity contribution in [2.45, 2.75) is 12.7 Å². The van der Waals surface area contributed by atoms with Gasteiger partial charge in [0.1, 0.15) is 11.6 Å². The van der Waals surface area contributed by atoms with E-state index in [2.05, 4.69) is 25.1 Å². The van der Waals surface area contributed by atoms with Crippen molar-refractivity contribution in [3.63, 3.8) is 0 Å². The van der Waals surface area contributed by atoms with E-state index in [4.69, 9.17) is 21.5 Å². The van der Waals surface area contributed by atoms with Crippen LogP contribution in [0.1, 0.15) is 15.9 Å². The molecule has 13 heteroatoms. The molecule has 1 aliphatic heterocycles. The molecule has 0 spiro atoms. The zero-order chi connectivity index (χ0) is 27.0. The number of hydrogen-bond acceptors (Lipinski definition) is 6. The van der Waals surface area contributed by atoms with Crippen LogP contribution in [0.5, 0.6) is 0 Å². The maximum Gasteiger partial charge on any atom is 0.490 e. The van der Waals surface area contributed by atoms with Gasteiger partial charge >= 0.3 is 12.1 Å². The van der Waals surface area contributed by atoms with Crippen molar-refractivity contribution < 1.29 is 32.3 Å². The minimum atomic E-state index is -5.08. The van der Waals surface area contributed by atoms with E-state index in [9.17, 15) is 22.4 Å². The van der Waals surface area contributed by atoms with Gasteiger partial charge in [-0.1, -0.05) is 23.7 Å². The van der Waals surface area contributed by atoms with Gasteiger partial charge in [0.15, 0.2) is 0 Å². The van der Waals surface area contributed by atoms with Crippen molar-refractivity contribution >= 4 is 35.0 Å². The molecule has 0 saturated carbocycles. The number of pyridine rings is 2. The topological polar surface area (TPSA) is 98.7 Å². The molecule has 8 nitrogen and oxygen atoms in total. The summed E-state index contributed by atoms with van der Waals surface area (Å²) in [7, 11) is 0. The van der Waals surface area contributed by atoms with E-state index in [1.165, 1.54) is 18.3 Å². The number of nitrogens with one attached hydrogen (secondary N) is 1. The molecule has 0 radical (unpaired) electrons. The highest BCUT2D eigenvalue weighted by atomic mass is 35.5. The van der Waals surface area contributed by atoms with Gasteiger partial charge in [-0.15, -0.1) is 0 Å². The third kappa shape index (κ3) is 8.04. The lowest BCUT2D eigenvalue weighted by atomic mass is 10.2. The minimum Gasteiger partial charge on any atom is -0.475 e. The van der Waals surface area contributed by atoms with E-state index in [1.54, 1.807) is 30.6 Å². The van der Waals surface area contributed by atoms with Gasteiger partial charge in [0.2, 0.25) is 0 Å². The molecule has 3 heterocycles. The zero-order valence-corrected chi connectivity index (χ0v) is 20.0. The predicted molar refractivity (Wildman–Crippen MR) is 129 cm³/mol. The lowest BCUT2D eigenvalue weighted by Gasteiger charge is -2.37. The average Bonchev–Trinajstić information content (AvgIpc) is 2.88. The van der Waals surface area contributed by atoms with Crippen molar-refractivity contribution in [1.29, 1.82) is 0 Å². The van der Waals surface area contributed by atoms with Crippen LogP contribution in [0.2, 0.25) is 5.02 Å². The third-order valence-corrected chi connectivity index (χ3v) is 5.58. The second-order valence-electron chi connectivity index (χ2n) is 7.82. The molecule has 1 aromatic carbocycles. The van der Waals surface area contributed by atoms with Crippen LogP contribution < -0.4 is 15.1 Å². The number of rotatable bonds is 5. The molecule has 2 aromatic heterocycles. The Balaban J connectivity index is 0.000000479. The predicted octanol–water partition coefficient (Wildman–Crippen LogP) is 4.16. The maximum absolute atomic E-state index is 13.0. The Hall–Kier alpha value is -3.93. The second kappa shape index (κ2) is 12.3. The SMILES string of the molecule is O=C(NCc1ccc(F)cc1)c1cnc(N2CCN(c3ccncc3)CC2)c(Cl)c1.O=C(O)C(F)(F)F. The summed E-state index contributed by atoms with van der Waals surface area (Å²) in [6.45, 7) is 3.57. The first-order valence-corrected chi connectivity index (χ1v) is 11.3. The van der Waals surface area contributed by atoms with Gasteiger partial charge in [0.25, 0.3) is 5.91 Å². The van der Waals surface area contributed by atoms with E-state index in [0.717, 1.165) is 37.4 Å². The molecule has 4 rings (SSSR count). The van der Waals surface area contributed by atoms with E-state index in [-0.39, 0.29) is 11.7 Å². The second-order valence-corrected chi connectivity index (χ2v) is 8.23. The Labute approximate surface area is 214 Å². The molecule has 196 valence electrons. The van der Waals surface area contributed by atoms with Crippen LogP contribution in [0.3, 0.4) is 0 Å². The van der Waals surface area contributed by atoms with Crippen molar-refractivity contribution in [3.05, 3.63) is 83.0 Å². The molecule has 3 aromatic rings. The van der Waals surface area contributed by atoms with Gasteiger partial charge in [0.05, 0.1) is 10.6 Å². The summed E-state index contributed by atoms with van der Waals surface area (Å²) in [5.74, 6) is -2.66. The normalized spacial score (nSPS) is 13.4. The first-order chi connectivity index (χ1) is 17.5. The summed E-state index contributed by atoms with van der Waals surface area (Å²) in [5.41, 5.74) is 2.35. The molecule has 0 atom stereocenters. The zero-order valence-electron chi connectivity index (χ0n) is 19.3. The van der Waals surface area contributed by atoms with E-state index >= 15 is 0 Å². The Morgan fingerprint density at radius 2 is 1.57 bits per heavy atom. The number of aromatic nitrogens is 2. The number of benzene rings is 1. The van der Waals surface area contributed by atoms with E-state index < -0.39 is 12.1 Å². The number of alkyl halides is 3. The lowest BCUT2D eigenvalue weighted by Crippen LogP contribution is -2.47. The highest BCUT2D eigenvalue weighted by Crippen LogP contribution is 2.26. The fraction of sp³-hybridized carbons (Fsp3) is 0.250. The Kier molecular flexibility index (Phi) is 9.23. The Bertz CT molecular complexity index is 1210. The molecular weight excluding hydrogens is 518 g/mol. The number of carboxylic acids is 1. The van der Waals surface area contributed by atoms with Crippen LogP contribution in [0.4, 0.5) is 29.1 Å². The summed E-state index contributed by atoms with van der Waals surface area (Å²) < 4.78 is 44.7. The van der Waals surface area contributed by atoms with Gasteiger partial charge in [-0.2, -0.15) is 13.2 Å². The molecule has 1 fully saturated rings. The van der Waals surface area contributed by atoms with Crippen molar-refractivity contribution in [3.8, 4) is 0 Å². The fourth-order valence-corrected chi connectivity index (χ4v) is 3.69. The van der Waals surface area contributed by atoms with E-state index in [0.29, 0.717) is 22.9 Å². The highest BCUT2D eigenvalue weighted by Gasteiger charge is 2.38. The molecular formula is C24H22ClF4N5O3. The molecule has 0 aliphatic carbocycles. The Morgan fingerprint density at radius 3 is 2.11 bits per heavy atom. The summed E-state index contributed by atoms with van der Waals surface area (Å²) >= 11 is 6.45. The maximum atomic E-state index is 13.0. The quantitative estimate of drug-likeness (QED) is 0.470. The van der Waals surface area contributed by atoms with Crippen LogP contribution in [0, 0.1) is 5.82 Å². The Morgan fingerprint density at radius 1 is 1.00 bits per heavy atom. The average molecular weight is 540 g/mol. The first-order valence-electron chi connectivity index (χ1n) is 10.9. The van der Waals surface area contributed by atoms with Crippen LogP contribution in [-0.4, -0.2) is 59.3 Å². The van der Waals surface area contributed by atoms with Gasteiger partial charge in [0, 0.05) is 57.0 Å². The van der Waals surface area contributed by atoms with Crippen molar-refractivity contribution in [1.82, 2.24) is 15.3 Å². The lowest BCUT2D eigenvalue weighted by molar-refractivity contribution is -0.192. The van der Waals surface area contributed by atoms with Crippen molar-refractivity contribution in [2.75, 3.05) is 36.0 Å². The summed E-state index contributed by atoms with van der Waals surface area (Å²) in [5, 5.41) is 10.4. The number of amides is 1. The van der Waals surface area contributed by atoms with Gasteiger partial charge < -0.3 is 20.2 Å². The fourth-order valence-electron chi connectivity index (χ4n) is 3.41. The number of carboxylic acid groups (broad SMARTS) is 1. The number of anilines is 2. The van der Waals surface area contributed by atoms with Crippen molar-refractivity contribution in [2.24, 2.45) is 0 Å². The molecule has 1 amide bonds. The van der Waals surface area contributed by atoms with Crippen LogP contribution in [0.15, 0.2) is 61.1 Å². The molecule has 37 heavy (non-hydrogen) atoms.